The highest BCUT2D eigenvalue weighted by atomic mass is 19.1. The molecule has 0 spiro atoms. The molecule has 3 aromatic rings. The fraction of sp³-hybridized carbons (Fsp3) is 0.192. The van der Waals surface area contributed by atoms with Crippen molar-refractivity contribution in [2.45, 2.75) is 12.8 Å². The molecule has 7 nitrogen and oxygen atoms in total. The number of nitrogens with one attached hydrogen (secondary N) is 3. The number of amides is 2. The predicted molar refractivity (Wildman–Crippen MR) is 126 cm³/mol. The quantitative estimate of drug-likeness (QED) is 0.492. The number of hydrogen-bond donors (Lipinski definition) is 3. The van der Waals surface area contributed by atoms with Gasteiger partial charge in [0.25, 0.3) is 11.8 Å². The smallest absolute Gasteiger partial charge is 0.256 e. The maximum Gasteiger partial charge on any atom is 0.256 e. The van der Waals surface area contributed by atoms with Crippen LogP contribution in [0.3, 0.4) is 0 Å². The van der Waals surface area contributed by atoms with Crippen molar-refractivity contribution in [2.24, 2.45) is 0 Å². The average molecular weight is 459 g/mol. The summed E-state index contributed by atoms with van der Waals surface area (Å²) in [6, 6.07) is 11.3. The van der Waals surface area contributed by atoms with Gasteiger partial charge in [0.15, 0.2) is 5.78 Å². The lowest BCUT2D eigenvalue weighted by atomic mass is 9.95. The zero-order valence-electron chi connectivity index (χ0n) is 18.5. The van der Waals surface area contributed by atoms with Crippen LogP contribution >= 0.6 is 0 Å². The van der Waals surface area contributed by atoms with E-state index < -0.39 is 0 Å². The van der Waals surface area contributed by atoms with Crippen molar-refractivity contribution in [3.63, 3.8) is 0 Å². The van der Waals surface area contributed by atoms with Gasteiger partial charge < -0.3 is 20.4 Å². The first-order chi connectivity index (χ1) is 16.4. The van der Waals surface area contributed by atoms with Gasteiger partial charge in [-0.2, -0.15) is 0 Å². The molecule has 2 amide bonds. The number of anilines is 1. The number of H-pyrrole nitrogens is 1. The van der Waals surface area contributed by atoms with Gasteiger partial charge in [0.1, 0.15) is 12.4 Å². The Hall–Kier alpha value is -4.04. The first-order valence-electron chi connectivity index (χ1n) is 10.9. The van der Waals surface area contributed by atoms with Gasteiger partial charge in [0.05, 0.1) is 11.1 Å². The molecular weight excluding hydrogens is 437 g/mol. The first kappa shape index (κ1) is 21.8. The number of benzene rings is 2. The lowest BCUT2D eigenvalue weighted by Crippen LogP contribution is -2.31. The normalized spacial score (nSPS) is 15.6. The maximum absolute atomic E-state index is 13.6. The van der Waals surface area contributed by atoms with Crippen LogP contribution in [0.2, 0.25) is 0 Å². The van der Waals surface area contributed by atoms with Crippen molar-refractivity contribution < 1.29 is 23.5 Å². The van der Waals surface area contributed by atoms with Crippen LogP contribution in [0.4, 0.5) is 10.1 Å². The molecule has 0 atom stereocenters. The van der Waals surface area contributed by atoms with E-state index in [1.165, 1.54) is 19.2 Å². The van der Waals surface area contributed by atoms with Gasteiger partial charge in [-0.25, -0.2) is 4.39 Å². The fourth-order valence-corrected chi connectivity index (χ4v) is 4.50. The van der Waals surface area contributed by atoms with Crippen molar-refractivity contribution in [3.8, 4) is 11.1 Å². The Morgan fingerprint density at radius 3 is 2.65 bits per heavy atom. The molecule has 3 heterocycles. The number of methoxy groups -OCH3 is 1. The molecule has 0 unspecified atom stereocenters. The molecule has 0 radical (unpaired) electrons. The number of fused-ring (bicyclic) bond motifs is 2. The number of rotatable bonds is 6. The van der Waals surface area contributed by atoms with Gasteiger partial charge in [-0.1, -0.05) is 18.2 Å². The SMILES string of the molecule is COCC(=O)Cc1ccc2c(c1)/C(=C/c1[nH]c3c(c1-c1ccc(F)cc1)C(=O)NCC3)C(=O)N2. The Bertz CT molecular complexity index is 1360. The molecule has 0 aliphatic carbocycles. The zero-order valence-corrected chi connectivity index (χ0v) is 18.5. The second-order valence-electron chi connectivity index (χ2n) is 8.32. The molecule has 172 valence electrons. The largest absolute Gasteiger partial charge is 0.377 e. The second-order valence-corrected chi connectivity index (χ2v) is 8.32. The predicted octanol–water partition coefficient (Wildman–Crippen LogP) is 3.36. The van der Waals surface area contributed by atoms with E-state index in [-0.39, 0.29) is 36.4 Å². The van der Waals surface area contributed by atoms with E-state index in [0.717, 1.165) is 11.3 Å². The summed E-state index contributed by atoms with van der Waals surface area (Å²) in [7, 11) is 1.47. The topological polar surface area (TPSA) is 100 Å². The van der Waals surface area contributed by atoms with Gasteiger partial charge in [-0.05, 0) is 41.5 Å². The van der Waals surface area contributed by atoms with E-state index >= 15 is 0 Å². The highest BCUT2D eigenvalue weighted by Crippen LogP contribution is 2.38. The Morgan fingerprint density at radius 1 is 1.09 bits per heavy atom. The maximum atomic E-state index is 13.6. The number of halogens is 1. The Balaban J connectivity index is 1.62. The van der Waals surface area contributed by atoms with Crippen LogP contribution in [0.25, 0.3) is 22.8 Å². The van der Waals surface area contributed by atoms with Gasteiger partial charge >= 0.3 is 0 Å². The standard InChI is InChI=1S/C26H22FN3O4/c1-34-13-17(31)10-14-2-7-20-18(11-14)19(25(32)30-20)12-22-23(15-3-5-16(27)6-4-15)24-21(29-22)8-9-28-26(24)33/h2-7,11-12,29H,8-10,13H2,1H3,(H,28,33)(H,30,32)/b19-12-. The number of ketones is 1. The Morgan fingerprint density at radius 2 is 1.88 bits per heavy atom. The summed E-state index contributed by atoms with van der Waals surface area (Å²) in [6.07, 6.45) is 2.53. The third-order valence-electron chi connectivity index (χ3n) is 5.99. The summed E-state index contributed by atoms with van der Waals surface area (Å²) in [5, 5.41) is 5.70. The minimum Gasteiger partial charge on any atom is -0.377 e. The molecule has 0 bridgehead atoms. The molecule has 5 rings (SSSR count). The van der Waals surface area contributed by atoms with Gasteiger partial charge in [0, 0.05) is 54.7 Å². The van der Waals surface area contributed by atoms with E-state index in [4.69, 9.17) is 4.74 Å². The van der Waals surface area contributed by atoms with Crippen molar-refractivity contribution in [2.75, 3.05) is 25.6 Å². The fourth-order valence-electron chi connectivity index (χ4n) is 4.50. The molecule has 2 aromatic carbocycles. The van der Waals surface area contributed by atoms with E-state index in [1.54, 1.807) is 30.3 Å². The molecule has 3 N–H and O–H groups in total. The molecular formula is C26H22FN3O4. The number of Topliss-reactive ketones (excluding diaryl/α,β-unsaturated/α-hetero) is 1. The van der Waals surface area contributed by atoms with E-state index in [9.17, 15) is 18.8 Å². The van der Waals surface area contributed by atoms with Crippen LogP contribution < -0.4 is 10.6 Å². The van der Waals surface area contributed by atoms with Crippen LogP contribution in [0.1, 0.15) is 32.9 Å². The highest BCUT2D eigenvalue weighted by molar-refractivity contribution is 6.35. The van der Waals surface area contributed by atoms with Crippen molar-refractivity contribution in [1.82, 2.24) is 10.3 Å². The average Bonchev–Trinajstić information content (AvgIpc) is 3.33. The van der Waals surface area contributed by atoms with Crippen molar-refractivity contribution in [3.05, 3.63) is 76.4 Å². The number of ether oxygens (including phenoxy) is 1. The van der Waals surface area contributed by atoms with Crippen molar-refractivity contribution >= 4 is 34.9 Å². The monoisotopic (exact) mass is 459 g/mol. The molecule has 2 aliphatic heterocycles. The first-order valence-corrected chi connectivity index (χ1v) is 10.9. The molecule has 2 aliphatic rings. The summed E-state index contributed by atoms with van der Waals surface area (Å²) >= 11 is 0. The molecule has 0 saturated carbocycles. The second kappa shape index (κ2) is 8.72. The highest BCUT2D eigenvalue weighted by Gasteiger charge is 2.29. The summed E-state index contributed by atoms with van der Waals surface area (Å²) < 4.78 is 18.5. The molecule has 34 heavy (non-hydrogen) atoms. The minimum atomic E-state index is -0.378. The number of carbonyl (C=O) groups excluding carboxylic acids is 3. The van der Waals surface area contributed by atoms with Crippen LogP contribution in [-0.4, -0.2) is 42.8 Å². The number of aromatic nitrogens is 1. The number of aromatic amines is 1. The number of hydrogen-bond acceptors (Lipinski definition) is 4. The lowest BCUT2D eigenvalue weighted by Gasteiger charge is -2.14. The lowest BCUT2D eigenvalue weighted by molar-refractivity contribution is -0.122. The van der Waals surface area contributed by atoms with E-state index in [1.807, 2.05) is 6.07 Å². The third kappa shape index (κ3) is 3.92. The minimum absolute atomic E-state index is 0.0219. The summed E-state index contributed by atoms with van der Waals surface area (Å²) in [4.78, 5) is 40.9. The van der Waals surface area contributed by atoms with Gasteiger partial charge in [0.2, 0.25) is 0 Å². The van der Waals surface area contributed by atoms with Gasteiger partial charge in [-0.3, -0.25) is 14.4 Å². The molecule has 1 aromatic heterocycles. The summed E-state index contributed by atoms with van der Waals surface area (Å²) in [6.45, 7) is 0.529. The number of carbonyl (C=O) groups is 3. The molecule has 0 fully saturated rings. The van der Waals surface area contributed by atoms with Crippen molar-refractivity contribution in [1.29, 1.82) is 0 Å². The Labute approximate surface area is 195 Å². The van der Waals surface area contributed by atoms with E-state index in [2.05, 4.69) is 15.6 Å². The Kier molecular flexibility index (Phi) is 5.59. The van der Waals surface area contributed by atoms with Crippen LogP contribution in [0.5, 0.6) is 0 Å². The molecule has 8 heteroatoms. The summed E-state index contributed by atoms with van der Waals surface area (Å²) in [5.74, 6) is -0.932. The van der Waals surface area contributed by atoms with E-state index in [0.29, 0.717) is 52.2 Å². The van der Waals surface area contributed by atoms with Gasteiger partial charge in [-0.15, -0.1) is 0 Å². The van der Waals surface area contributed by atoms with Crippen LogP contribution in [-0.2, 0) is 27.2 Å². The molecule has 0 saturated heterocycles. The summed E-state index contributed by atoms with van der Waals surface area (Å²) in [5.41, 5.74) is 5.66. The van der Waals surface area contributed by atoms with Crippen LogP contribution in [0.15, 0.2) is 42.5 Å². The van der Waals surface area contributed by atoms with Crippen LogP contribution in [0, 0.1) is 5.82 Å². The zero-order chi connectivity index (χ0) is 23.8. The third-order valence-corrected chi connectivity index (χ3v) is 5.99.